The van der Waals surface area contributed by atoms with Crippen molar-refractivity contribution >= 4 is 5.91 Å². The van der Waals surface area contributed by atoms with Crippen molar-refractivity contribution in [1.82, 2.24) is 5.32 Å². The number of phenolic OH excluding ortho intramolecular Hbond substituents is 2. The molecule has 1 saturated carbocycles. The molecular weight excluding hydrogens is 244 g/mol. The Morgan fingerprint density at radius 2 is 2.16 bits per heavy atom. The normalized spacial score (nSPS) is 22.8. The van der Waals surface area contributed by atoms with Crippen molar-refractivity contribution in [2.45, 2.75) is 25.8 Å². The molecule has 0 saturated heterocycles. The summed E-state index contributed by atoms with van der Waals surface area (Å²) in [6, 6.07) is 3.82. The number of amides is 1. The molecule has 0 spiro atoms. The van der Waals surface area contributed by atoms with Gasteiger partial charge < -0.3 is 21.3 Å². The van der Waals surface area contributed by atoms with Gasteiger partial charge in [0.1, 0.15) is 0 Å². The topological polar surface area (TPSA) is 95.6 Å². The third kappa shape index (κ3) is 3.61. The lowest BCUT2D eigenvalue weighted by Crippen LogP contribution is -2.42. The second kappa shape index (κ2) is 5.48. The van der Waals surface area contributed by atoms with E-state index >= 15 is 0 Å². The molecule has 0 aliphatic heterocycles. The molecule has 0 aromatic heterocycles. The van der Waals surface area contributed by atoms with Crippen LogP contribution in [0.5, 0.6) is 11.5 Å². The van der Waals surface area contributed by atoms with Gasteiger partial charge in [0.15, 0.2) is 11.5 Å². The van der Waals surface area contributed by atoms with E-state index in [2.05, 4.69) is 12.2 Å². The summed E-state index contributed by atoms with van der Waals surface area (Å²) >= 11 is 0. The van der Waals surface area contributed by atoms with Crippen LogP contribution in [0.2, 0.25) is 0 Å². The standard InChI is InChI=1S/C14H20N2O3/c1-8-4-10(8)7-16-14(19)11(15)5-9-2-3-12(17)13(18)6-9/h2-3,6,8,10-11,17-18H,4-5,7,15H2,1H3,(H,16,19)/t8?,10?,11-/m0/s1. The number of carbonyl (C=O) groups is 1. The van der Waals surface area contributed by atoms with Crippen LogP contribution in [0.3, 0.4) is 0 Å². The lowest BCUT2D eigenvalue weighted by Gasteiger charge is -2.12. The zero-order chi connectivity index (χ0) is 14.0. The summed E-state index contributed by atoms with van der Waals surface area (Å²) in [5, 5.41) is 21.4. The summed E-state index contributed by atoms with van der Waals surface area (Å²) in [5.74, 6) is 0.743. The average Bonchev–Trinajstić information content (AvgIpc) is 3.07. The molecule has 1 fully saturated rings. The molecule has 0 heterocycles. The van der Waals surface area contributed by atoms with Crippen LogP contribution in [0.1, 0.15) is 18.9 Å². The molecule has 1 aromatic carbocycles. The Morgan fingerprint density at radius 3 is 2.74 bits per heavy atom. The molecule has 3 atom stereocenters. The molecule has 1 aliphatic rings. The Labute approximate surface area is 112 Å². The van der Waals surface area contributed by atoms with Gasteiger partial charge >= 0.3 is 0 Å². The Morgan fingerprint density at radius 1 is 1.47 bits per heavy atom. The SMILES string of the molecule is CC1CC1CNC(=O)[C@@H](N)Cc1ccc(O)c(O)c1. The summed E-state index contributed by atoms with van der Waals surface area (Å²) in [7, 11) is 0. The first-order valence-corrected chi connectivity index (χ1v) is 6.51. The fourth-order valence-electron chi connectivity index (χ4n) is 2.09. The maximum absolute atomic E-state index is 11.8. The fourth-order valence-corrected chi connectivity index (χ4v) is 2.09. The van der Waals surface area contributed by atoms with Gasteiger partial charge in [-0.1, -0.05) is 13.0 Å². The number of hydrogen-bond acceptors (Lipinski definition) is 4. The maximum atomic E-state index is 11.8. The van der Waals surface area contributed by atoms with Gasteiger partial charge in [0.2, 0.25) is 5.91 Å². The molecule has 2 rings (SSSR count). The third-order valence-corrected chi connectivity index (χ3v) is 3.65. The minimum absolute atomic E-state index is 0.174. The molecule has 1 amide bonds. The number of phenols is 2. The number of rotatable bonds is 5. The predicted molar refractivity (Wildman–Crippen MR) is 71.7 cm³/mol. The maximum Gasteiger partial charge on any atom is 0.237 e. The highest BCUT2D eigenvalue weighted by atomic mass is 16.3. The van der Waals surface area contributed by atoms with Crippen LogP contribution in [-0.4, -0.2) is 28.7 Å². The number of aromatic hydroxyl groups is 2. The minimum Gasteiger partial charge on any atom is -0.504 e. The van der Waals surface area contributed by atoms with Gasteiger partial charge in [-0.2, -0.15) is 0 Å². The van der Waals surface area contributed by atoms with Crippen LogP contribution in [0, 0.1) is 11.8 Å². The Bertz CT molecular complexity index is 476. The first kappa shape index (κ1) is 13.7. The van der Waals surface area contributed by atoms with E-state index in [0.29, 0.717) is 24.8 Å². The quantitative estimate of drug-likeness (QED) is 0.590. The number of hydrogen-bond donors (Lipinski definition) is 4. The van der Waals surface area contributed by atoms with Gasteiger partial charge in [-0.25, -0.2) is 0 Å². The highest BCUT2D eigenvalue weighted by molar-refractivity contribution is 5.81. The van der Waals surface area contributed by atoms with Gasteiger partial charge in [0.25, 0.3) is 0 Å². The van der Waals surface area contributed by atoms with Crippen LogP contribution in [0.4, 0.5) is 0 Å². The van der Waals surface area contributed by atoms with Gasteiger partial charge in [-0.3, -0.25) is 4.79 Å². The van der Waals surface area contributed by atoms with E-state index < -0.39 is 6.04 Å². The Balaban J connectivity index is 1.83. The molecule has 2 unspecified atom stereocenters. The lowest BCUT2D eigenvalue weighted by molar-refractivity contribution is -0.122. The molecule has 19 heavy (non-hydrogen) atoms. The van der Waals surface area contributed by atoms with Crippen molar-refractivity contribution in [3.63, 3.8) is 0 Å². The van der Waals surface area contributed by atoms with Crippen molar-refractivity contribution in [3.8, 4) is 11.5 Å². The van der Waals surface area contributed by atoms with E-state index in [1.54, 1.807) is 6.07 Å². The number of carbonyl (C=O) groups excluding carboxylic acids is 1. The molecule has 1 aliphatic carbocycles. The fraction of sp³-hybridized carbons (Fsp3) is 0.500. The van der Waals surface area contributed by atoms with Crippen molar-refractivity contribution in [2.24, 2.45) is 17.6 Å². The Kier molecular flexibility index (Phi) is 3.95. The van der Waals surface area contributed by atoms with E-state index in [1.165, 1.54) is 18.6 Å². The smallest absolute Gasteiger partial charge is 0.237 e. The first-order chi connectivity index (χ1) is 8.97. The largest absolute Gasteiger partial charge is 0.504 e. The second-order valence-electron chi connectivity index (χ2n) is 5.35. The average molecular weight is 264 g/mol. The molecule has 5 N–H and O–H groups in total. The molecule has 0 bridgehead atoms. The van der Waals surface area contributed by atoms with Gasteiger partial charge in [0, 0.05) is 6.54 Å². The van der Waals surface area contributed by atoms with Gasteiger partial charge in [-0.15, -0.1) is 0 Å². The highest BCUT2D eigenvalue weighted by Gasteiger charge is 2.32. The summed E-state index contributed by atoms with van der Waals surface area (Å²) in [5.41, 5.74) is 6.54. The molecule has 104 valence electrons. The van der Waals surface area contributed by atoms with Gasteiger partial charge in [0.05, 0.1) is 6.04 Å². The zero-order valence-electron chi connectivity index (χ0n) is 11.0. The second-order valence-corrected chi connectivity index (χ2v) is 5.35. The third-order valence-electron chi connectivity index (χ3n) is 3.65. The molecule has 0 radical (unpaired) electrons. The van der Waals surface area contributed by atoms with Crippen LogP contribution in [-0.2, 0) is 11.2 Å². The van der Waals surface area contributed by atoms with Crippen molar-refractivity contribution in [3.05, 3.63) is 23.8 Å². The summed E-state index contributed by atoms with van der Waals surface area (Å²) < 4.78 is 0. The number of nitrogens with two attached hydrogens (primary N) is 1. The summed E-state index contributed by atoms with van der Waals surface area (Å²) in [4.78, 5) is 11.8. The van der Waals surface area contributed by atoms with Crippen molar-refractivity contribution < 1.29 is 15.0 Å². The predicted octanol–water partition coefficient (Wildman–Crippen LogP) is 0.740. The van der Waals surface area contributed by atoms with Crippen LogP contribution in [0.15, 0.2) is 18.2 Å². The summed E-state index contributed by atoms with van der Waals surface area (Å²) in [6.45, 7) is 2.85. The van der Waals surface area contributed by atoms with E-state index in [-0.39, 0.29) is 17.4 Å². The molecule has 5 nitrogen and oxygen atoms in total. The number of nitrogens with one attached hydrogen (secondary N) is 1. The van der Waals surface area contributed by atoms with E-state index in [1.807, 2.05) is 0 Å². The van der Waals surface area contributed by atoms with Crippen LogP contribution in [0.25, 0.3) is 0 Å². The summed E-state index contributed by atoms with van der Waals surface area (Å²) in [6.07, 6.45) is 1.50. The molecule has 1 aromatic rings. The molecule has 5 heteroatoms. The number of benzene rings is 1. The van der Waals surface area contributed by atoms with Crippen molar-refractivity contribution in [1.29, 1.82) is 0 Å². The Hall–Kier alpha value is -1.75. The first-order valence-electron chi connectivity index (χ1n) is 6.51. The van der Waals surface area contributed by atoms with Gasteiger partial charge in [-0.05, 0) is 42.4 Å². The highest BCUT2D eigenvalue weighted by Crippen LogP contribution is 2.36. The zero-order valence-corrected chi connectivity index (χ0v) is 11.0. The van der Waals surface area contributed by atoms with Crippen LogP contribution < -0.4 is 11.1 Å². The monoisotopic (exact) mass is 264 g/mol. The molecular formula is C14H20N2O3. The van der Waals surface area contributed by atoms with Crippen LogP contribution >= 0.6 is 0 Å². The van der Waals surface area contributed by atoms with E-state index in [4.69, 9.17) is 5.73 Å². The van der Waals surface area contributed by atoms with E-state index in [9.17, 15) is 15.0 Å². The minimum atomic E-state index is -0.641. The van der Waals surface area contributed by atoms with Crippen molar-refractivity contribution in [2.75, 3.05) is 6.54 Å². The van der Waals surface area contributed by atoms with E-state index in [0.717, 1.165) is 5.56 Å². The lowest BCUT2D eigenvalue weighted by atomic mass is 10.1.